The first-order valence-electron chi connectivity index (χ1n) is 5.80. The smallest absolute Gasteiger partial charge is 0.251 e. The van der Waals surface area contributed by atoms with Gasteiger partial charge in [0.1, 0.15) is 0 Å². The zero-order valence-corrected chi connectivity index (χ0v) is 11.6. The highest BCUT2D eigenvalue weighted by atomic mass is 35.5. The molecule has 94 valence electrons. The normalized spacial score (nSPS) is 10.3. The number of nitrogens with one attached hydrogen (secondary N) is 1. The Balaban J connectivity index is 1.93. The number of amides is 1. The van der Waals surface area contributed by atoms with Crippen LogP contribution < -0.4 is 5.32 Å². The Labute approximate surface area is 116 Å². The van der Waals surface area contributed by atoms with Gasteiger partial charge in [-0.15, -0.1) is 11.3 Å². The van der Waals surface area contributed by atoms with Gasteiger partial charge < -0.3 is 5.32 Å². The molecule has 0 aliphatic rings. The van der Waals surface area contributed by atoms with Crippen LogP contribution in [-0.2, 0) is 13.0 Å². The fraction of sp³-hybridized carbons (Fsp3) is 0.214. The molecule has 0 spiro atoms. The van der Waals surface area contributed by atoms with Gasteiger partial charge >= 0.3 is 0 Å². The Morgan fingerprint density at radius 2 is 1.83 bits per heavy atom. The van der Waals surface area contributed by atoms with Crippen molar-refractivity contribution in [1.82, 2.24) is 5.32 Å². The number of carbonyl (C=O) groups excluding carboxylic acids is 1. The standard InChI is InChI=1S/C14H14ClNOS/c1-2-12-7-8-13(18-12)9-16-14(17)10-3-5-11(15)6-4-10/h3-8H,2,9H2,1H3,(H,16,17). The van der Waals surface area contributed by atoms with E-state index < -0.39 is 0 Å². The monoisotopic (exact) mass is 279 g/mol. The maximum atomic E-state index is 11.9. The number of carbonyl (C=O) groups is 1. The molecule has 4 heteroatoms. The van der Waals surface area contributed by atoms with Gasteiger partial charge in [-0.3, -0.25) is 4.79 Å². The Hall–Kier alpha value is -1.32. The summed E-state index contributed by atoms with van der Waals surface area (Å²) in [7, 11) is 0. The van der Waals surface area contributed by atoms with Crippen molar-refractivity contribution in [3.8, 4) is 0 Å². The van der Waals surface area contributed by atoms with Crippen LogP contribution in [-0.4, -0.2) is 5.91 Å². The van der Waals surface area contributed by atoms with Gasteiger partial charge in [-0.25, -0.2) is 0 Å². The van der Waals surface area contributed by atoms with Crippen molar-refractivity contribution in [2.24, 2.45) is 0 Å². The molecule has 0 radical (unpaired) electrons. The number of thiophene rings is 1. The van der Waals surface area contributed by atoms with E-state index in [1.54, 1.807) is 35.6 Å². The molecule has 1 aromatic carbocycles. The molecule has 1 N–H and O–H groups in total. The molecule has 0 aliphatic carbocycles. The lowest BCUT2D eigenvalue weighted by molar-refractivity contribution is 0.0951. The Bertz CT molecular complexity index is 533. The van der Waals surface area contributed by atoms with E-state index in [1.807, 2.05) is 0 Å². The van der Waals surface area contributed by atoms with Crippen LogP contribution in [0.25, 0.3) is 0 Å². The van der Waals surface area contributed by atoms with Gasteiger partial charge in [0.05, 0.1) is 6.54 Å². The molecule has 0 unspecified atom stereocenters. The van der Waals surface area contributed by atoms with Crippen LogP contribution in [0.1, 0.15) is 27.0 Å². The molecule has 2 rings (SSSR count). The molecule has 0 fully saturated rings. The maximum absolute atomic E-state index is 11.9. The quantitative estimate of drug-likeness (QED) is 0.904. The van der Waals surface area contributed by atoms with E-state index in [4.69, 9.17) is 11.6 Å². The summed E-state index contributed by atoms with van der Waals surface area (Å²) >= 11 is 7.51. The average Bonchev–Trinajstić information content (AvgIpc) is 2.85. The minimum absolute atomic E-state index is 0.0712. The largest absolute Gasteiger partial charge is 0.347 e. The van der Waals surface area contributed by atoms with Gasteiger partial charge in [-0.1, -0.05) is 18.5 Å². The van der Waals surface area contributed by atoms with Crippen LogP contribution in [0.15, 0.2) is 36.4 Å². The summed E-state index contributed by atoms with van der Waals surface area (Å²) in [6.07, 6.45) is 1.04. The van der Waals surface area contributed by atoms with Crippen LogP contribution in [0.5, 0.6) is 0 Å². The van der Waals surface area contributed by atoms with E-state index in [1.165, 1.54) is 9.75 Å². The first kappa shape index (κ1) is 13.1. The van der Waals surface area contributed by atoms with Crippen molar-refractivity contribution in [2.75, 3.05) is 0 Å². The third kappa shape index (κ3) is 3.34. The zero-order valence-electron chi connectivity index (χ0n) is 10.1. The molecular weight excluding hydrogens is 266 g/mol. The predicted molar refractivity (Wildman–Crippen MR) is 76.3 cm³/mol. The van der Waals surface area contributed by atoms with Crippen LogP contribution in [0.3, 0.4) is 0 Å². The van der Waals surface area contributed by atoms with Crippen molar-refractivity contribution < 1.29 is 4.79 Å². The molecule has 18 heavy (non-hydrogen) atoms. The van der Waals surface area contributed by atoms with E-state index in [9.17, 15) is 4.79 Å². The number of hydrogen-bond donors (Lipinski definition) is 1. The van der Waals surface area contributed by atoms with Gasteiger partial charge in [0.25, 0.3) is 5.91 Å². The van der Waals surface area contributed by atoms with E-state index >= 15 is 0 Å². The van der Waals surface area contributed by atoms with Gasteiger partial charge in [0, 0.05) is 20.3 Å². The van der Waals surface area contributed by atoms with Gasteiger partial charge in [-0.2, -0.15) is 0 Å². The third-order valence-corrected chi connectivity index (χ3v) is 4.08. The molecule has 2 nitrogen and oxygen atoms in total. The maximum Gasteiger partial charge on any atom is 0.251 e. The van der Waals surface area contributed by atoms with Crippen LogP contribution in [0.4, 0.5) is 0 Å². The highest BCUT2D eigenvalue weighted by molar-refractivity contribution is 7.11. The summed E-state index contributed by atoms with van der Waals surface area (Å²) in [5, 5.41) is 3.54. The lowest BCUT2D eigenvalue weighted by Gasteiger charge is -2.03. The first-order valence-corrected chi connectivity index (χ1v) is 7.00. The highest BCUT2D eigenvalue weighted by Gasteiger charge is 2.05. The average molecular weight is 280 g/mol. The highest BCUT2D eigenvalue weighted by Crippen LogP contribution is 2.16. The van der Waals surface area contributed by atoms with E-state index in [0.29, 0.717) is 17.1 Å². The van der Waals surface area contributed by atoms with Crippen LogP contribution in [0, 0.1) is 0 Å². The molecule has 1 heterocycles. The summed E-state index contributed by atoms with van der Waals surface area (Å²) in [4.78, 5) is 14.4. The number of rotatable bonds is 4. The molecule has 1 amide bonds. The van der Waals surface area contributed by atoms with Crippen molar-refractivity contribution in [2.45, 2.75) is 19.9 Å². The molecule has 0 aliphatic heterocycles. The lowest BCUT2D eigenvalue weighted by atomic mass is 10.2. The second kappa shape index (κ2) is 6.03. The molecular formula is C14H14ClNOS. The number of halogens is 1. The Morgan fingerprint density at radius 3 is 2.44 bits per heavy atom. The van der Waals surface area contributed by atoms with E-state index in [0.717, 1.165) is 6.42 Å². The summed E-state index contributed by atoms with van der Waals surface area (Å²) in [5.74, 6) is -0.0712. The van der Waals surface area contributed by atoms with Crippen LogP contribution >= 0.6 is 22.9 Å². The van der Waals surface area contributed by atoms with E-state index in [2.05, 4.69) is 24.4 Å². The van der Waals surface area contributed by atoms with E-state index in [-0.39, 0.29) is 5.91 Å². The molecule has 0 saturated carbocycles. The second-order valence-electron chi connectivity index (χ2n) is 3.91. The van der Waals surface area contributed by atoms with Crippen molar-refractivity contribution in [3.05, 3.63) is 56.7 Å². The van der Waals surface area contributed by atoms with Gasteiger partial charge in [-0.05, 0) is 42.8 Å². The molecule has 1 aromatic heterocycles. The minimum Gasteiger partial charge on any atom is -0.347 e. The molecule has 0 saturated heterocycles. The summed E-state index contributed by atoms with van der Waals surface area (Å²) in [5.41, 5.74) is 0.631. The number of aryl methyl sites for hydroxylation is 1. The summed E-state index contributed by atoms with van der Waals surface area (Å²) in [6, 6.07) is 11.1. The van der Waals surface area contributed by atoms with Crippen LogP contribution in [0.2, 0.25) is 5.02 Å². The second-order valence-corrected chi connectivity index (χ2v) is 5.60. The van der Waals surface area contributed by atoms with Crippen molar-refractivity contribution in [3.63, 3.8) is 0 Å². The molecule has 2 aromatic rings. The Morgan fingerprint density at radius 1 is 1.17 bits per heavy atom. The zero-order chi connectivity index (χ0) is 13.0. The number of benzene rings is 1. The fourth-order valence-electron chi connectivity index (χ4n) is 1.58. The first-order chi connectivity index (χ1) is 8.69. The lowest BCUT2D eigenvalue weighted by Crippen LogP contribution is -2.22. The SMILES string of the molecule is CCc1ccc(CNC(=O)c2ccc(Cl)cc2)s1. The topological polar surface area (TPSA) is 29.1 Å². The summed E-state index contributed by atoms with van der Waals surface area (Å²) < 4.78 is 0. The molecule has 0 atom stereocenters. The summed E-state index contributed by atoms with van der Waals surface area (Å²) in [6.45, 7) is 2.70. The molecule has 0 bridgehead atoms. The van der Waals surface area contributed by atoms with Crippen molar-refractivity contribution >= 4 is 28.8 Å². The minimum atomic E-state index is -0.0712. The van der Waals surface area contributed by atoms with Crippen molar-refractivity contribution in [1.29, 1.82) is 0 Å². The fourth-order valence-corrected chi connectivity index (χ4v) is 2.60. The Kier molecular flexibility index (Phi) is 4.39. The predicted octanol–water partition coefficient (Wildman–Crippen LogP) is 3.89. The number of hydrogen-bond acceptors (Lipinski definition) is 2. The third-order valence-electron chi connectivity index (χ3n) is 2.60. The van der Waals surface area contributed by atoms with Gasteiger partial charge in [0.15, 0.2) is 0 Å². The van der Waals surface area contributed by atoms with Gasteiger partial charge in [0.2, 0.25) is 0 Å².